The molecule has 0 aliphatic carbocycles. The van der Waals surface area contributed by atoms with Crippen LogP contribution in [-0.4, -0.2) is 33.7 Å². The van der Waals surface area contributed by atoms with Gasteiger partial charge in [0, 0.05) is 12.0 Å². The van der Waals surface area contributed by atoms with Crippen LogP contribution < -0.4 is 0 Å². The van der Waals surface area contributed by atoms with Crippen LogP contribution in [0.15, 0.2) is 18.2 Å². The highest BCUT2D eigenvalue weighted by molar-refractivity contribution is 6.45. The zero-order valence-electron chi connectivity index (χ0n) is 13.0. The van der Waals surface area contributed by atoms with Crippen LogP contribution in [0.3, 0.4) is 0 Å². The molecular formula is C17H20O6. The second kappa shape index (κ2) is 8.82. The third-order valence-corrected chi connectivity index (χ3v) is 3.51. The van der Waals surface area contributed by atoms with Crippen molar-refractivity contribution in [1.29, 1.82) is 0 Å². The zero-order valence-corrected chi connectivity index (χ0v) is 13.0. The molecule has 1 aromatic carbocycles. The Morgan fingerprint density at radius 2 is 1.48 bits per heavy atom. The van der Waals surface area contributed by atoms with Crippen molar-refractivity contribution in [2.24, 2.45) is 0 Å². The summed E-state index contributed by atoms with van der Waals surface area (Å²) in [5, 5.41) is 18.2. The number of hydrogen-bond acceptors (Lipinski definition) is 4. The number of carbonyl (C=O) groups excluding carboxylic acids is 2. The Balaban J connectivity index is 2.91. The normalized spacial score (nSPS) is 10.3. The summed E-state index contributed by atoms with van der Waals surface area (Å²) in [6.45, 7) is 2.07. The van der Waals surface area contributed by atoms with Crippen LogP contribution in [0.5, 0.6) is 0 Å². The van der Waals surface area contributed by atoms with Crippen molar-refractivity contribution in [2.45, 2.75) is 45.4 Å². The molecule has 1 rings (SSSR count). The summed E-state index contributed by atoms with van der Waals surface area (Å²) in [6.07, 6.45) is 4.54. The van der Waals surface area contributed by atoms with Gasteiger partial charge in [-0.3, -0.25) is 9.59 Å². The Labute approximate surface area is 134 Å². The molecule has 124 valence electrons. The standard InChI is InChI=1S/C17H20O6/c1-2-3-4-5-6-10-13(18)15(19)11-8-7-9-12(16(20)21)14(11)17(22)23/h7-9H,2-6,10H2,1H3,(H,20,21)(H,22,23). The Morgan fingerprint density at radius 3 is 2.04 bits per heavy atom. The minimum atomic E-state index is -1.54. The molecule has 0 bridgehead atoms. The van der Waals surface area contributed by atoms with Gasteiger partial charge in [0.1, 0.15) is 0 Å². The molecule has 0 amide bonds. The highest BCUT2D eigenvalue weighted by Crippen LogP contribution is 2.18. The lowest BCUT2D eigenvalue weighted by atomic mass is 9.94. The third kappa shape index (κ3) is 5.02. The van der Waals surface area contributed by atoms with Crippen molar-refractivity contribution in [3.05, 3.63) is 34.9 Å². The first kappa shape index (κ1) is 18.5. The highest BCUT2D eigenvalue weighted by atomic mass is 16.4. The fraction of sp³-hybridized carbons (Fsp3) is 0.412. The molecule has 0 radical (unpaired) electrons. The van der Waals surface area contributed by atoms with E-state index < -0.39 is 34.6 Å². The summed E-state index contributed by atoms with van der Waals surface area (Å²) in [5.74, 6) is -4.63. The lowest BCUT2D eigenvalue weighted by Crippen LogP contribution is -2.20. The second-order valence-corrected chi connectivity index (χ2v) is 5.25. The minimum Gasteiger partial charge on any atom is -0.478 e. The number of unbranched alkanes of at least 4 members (excludes halogenated alkanes) is 4. The average molecular weight is 320 g/mol. The molecule has 6 nitrogen and oxygen atoms in total. The van der Waals surface area contributed by atoms with E-state index in [9.17, 15) is 24.3 Å². The van der Waals surface area contributed by atoms with E-state index in [0.29, 0.717) is 6.42 Å². The maximum absolute atomic E-state index is 12.2. The molecule has 0 atom stereocenters. The molecule has 0 spiro atoms. The van der Waals surface area contributed by atoms with E-state index in [1.807, 2.05) is 0 Å². The Kier molecular flexibility index (Phi) is 7.12. The predicted octanol–water partition coefficient (Wildman–Crippen LogP) is 3.20. The SMILES string of the molecule is CCCCCCCC(=O)C(=O)c1cccc(C(=O)O)c1C(=O)O. The molecule has 0 fully saturated rings. The summed E-state index contributed by atoms with van der Waals surface area (Å²) in [7, 11) is 0. The fourth-order valence-corrected chi connectivity index (χ4v) is 2.30. The van der Waals surface area contributed by atoms with Gasteiger partial charge in [-0.15, -0.1) is 0 Å². The molecule has 6 heteroatoms. The van der Waals surface area contributed by atoms with Crippen LogP contribution in [0.2, 0.25) is 0 Å². The van der Waals surface area contributed by atoms with E-state index in [1.54, 1.807) is 0 Å². The summed E-state index contributed by atoms with van der Waals surface area (Å²) < 4.78 is 0. The number of benzene rings is 1. The van der Waals surface area contributed by atoms with Crippen LogP contribution in [-0.2, 0) is 4.79 Å². The number of carboxylic acid groups (broad SMARTS) is 2. The second-order valence-electron chi connectivity index (χ2n) is 5.25. The van der Waals surface area contributed by atoms with Gasteiger partial charge in [0.15, 0.2) is 0 Å². The van der Waals surface area contributed by atoms with Crippen LogP contribution in [0.25, 0.3) is 0 Å². The van der Waals surface area contributed by atoms with Crippen molar-refractivity contribution < 1.29 is 29.4 Å². The largest absolute Gasteiger partial charge is 0.478 e. The first-order valence-electron chi connectivity index (χ1n) is 7.57. The molecule has 0 aliphatic rings. The average Bonchev–Trinajstić information content (AvgIpc) is 2.52. The van der Waals surface area contributed by atoms with Crippen LogP contribution in [0.4, 0.5) is 0 Å². The first-order valence-corrected chi connectivity index (χ1v) is 7.57. The van der Waals surface area contributed by atoms with E-state index in [2.05, 4.69) is 6.92 Å². The van der Waals surface area contributed by atoms with Gasteiger partial charge >= 0.3 is 11.9 Å². The first-order chi connectivity index (χ1) is 10.9. The molecular weight excluding hydrogens is 300 g/mol. The van der Waals surface area contributed by atoms with Crippen LogP contribution in [0, 0.1) is 0 Å². The number of ketones is 2. The predicted molar refractivity (Wildman–Crippen MR) is 83.1 cm³/mol. The van der Waals surface area contributed by atoms with Gasteiger partial charge in [-0.05, 0) is 18.6 Å². The number of hydrogen-bond donors (Lipinski definition) is 2. The lowest BCUT2D eigenvalue weighted by molar-refractivity contribution is -0.115. The Bertz CT molecular complexity index is 618. The van der Waals surface area contributed by atoms with Crippen molar-refractivity contribution in [2.75, 3.05) is 0 Å². The summed E-state index contributed by atoms with van der Waals surface area (Å²) in [4.78, 5) is 46.5. The summed E-state index contributed by atoms with van der Waals surface area (Å²) in [5.41, 5.74) is -1.50. The van der Waals surface area contributed by atoms with Gasteiger partial charge in [0.25, 0.3) is 0 Å². The van der Waals surface area contributed by atoms with Gasteiger partial charge in [-0.25, -0.2) is 9.59 Å². The van der Waals surface area contributed by atoms with E-state index in [-0.39, 0.29) is 12.0 Å². The molecule has 2 N–H and O–H groups in total. The number of carboxylic acids is 2. The van der Waals surface area contributed by atoms with Crippen molar-refractivity contribution >= 4 is 23.5 Å². The van der Waals surface area contributed by atoms with Gasteiger partial charge in [-0.2, -0.15) is 0 Å². The molecule has 23 heavy (non-hydrogen) atoms. The Hall–Kier alpha value is -2.50. The molecule has 0 saturated carbocycles. The molecule has 0 saturated heterocycles. The lowest BCUT2D eigenvalue weighted by Gasteiger charge is -2.07. The summed E-state index contributed by atoms with van der Waals surface area (Å²) >= 11 is 0. The van der Waals surface area contributed by atoms with Gasteiger partial charge < -0.3 is 10.2 Å². The zero-order chi connectivity index (χ0) is 17.4. The topological polar surface area (TPSA) is 109 Å². The van der Waals surface area contributed by atoms with E-state index in [1.165, 1.54) is 12.1 Å². The number of rotatable bonds is 10. The summed E-state index contributed by atoms with van der Waals surface area (Å²) in [6, 6.07) is 3.53. The van der Waals surface area contributed by atoms with Crippen molar-refractivity contribution in [1.82, 2.24) is 0 Å². The minimum absolute atomic E-state index is 0.0406. The maximum Gasteiger partial charge on any atom is 0.337 e. The monoisotopic (exact) mass is 320 g/mol. The van der Waals surface area contributed by atoms with Crippen molar-refractivity contribution in [3.63, 3.8) is 0 Å². The number of Topliss-reactive ketones (excluding diaryl/α,β-unsaturated/α-hetero) is 2. The van der Waals surface area contributed by atoms with Gasteiger partial charge in [-0.1, -0.05) is 38.7 Å². The Morgan fingerprint density at radius 1 is 0.870 bits per heavy atom. The van der Waals surface area contributed by atoms with E-state index in [4.69, 9.17) is 5.11 Å². The van der Waals surface area contributed by atoms with Gasteiger partial charge in [0.2, 0.25) is 11.6 Å². The smallest absolute Gasteiger partial charge is 0.337 e. The molecule has 0 aromatic heterocycles. The van der Waals surface area contributed by atoms with E-state index >= 15 is 0 Å². The van der Waals surface area contributed by atoms with Crippen molar-refractivity contribution in [3.8, 4) is 0 Å². The molecule has 0 aliphatic heterocycles. The number of aromatic carboxylic acids is 2. The highest BCUT2D eigenvalue weighted by Gasteiger charge is 2.26. The van der Waals surface area contributed by atoms with E-state index in [0.717, 1.165) is 31.7 Å². The quantitative estimate of drug-likeness (QED) is 0.389. The van der Waals surface area contributed by atoms with Crippen LogP contribution >= 0.6 is 0 Å². The van der Waals surface area contributed by atoms with Crippen LogP contribution in [0.1, 0.15) is 76.5 Å². The molecule has 0 heterocycles. The fourth-order valence-electron chi connectivity index (χ4n) is 2.30. The molecule has 0 unspecified atom stereocenters. The maximum atomic E-state index is 12.2. The van der Waals surface area contributed by atoms with Gasteiger partial charge in [0.05, 0.1) is 11.1 Å². The third-order valence-electron chi connectivity index (χ3n) is 3.51. The molecule has 1 aromatic rings. The number of carbonyl (C=O) groups is 4.